The zero-order valence-electron chi connectivity index (χ0n) is 14.0. The van der Waals surface area contributed by atoms with E-state index in [0.29, 0.717) is 17.7 Å². The summed E-state index contributed by atoms with van der Waals surface area (Å²) in [6, 6.07) is 12.7. The fourth-order valence-corrected chi connectivity index (χ4v) is 2.93. The predicted molar refractivity (Wildman–Crippen MR) is 93.8 cm³/mol. The molecule has 2 aromatic rings. The van der Waals surface area contributed by atoms with Gasteiger partial charge in [-0.15, -0.1) is 0 Å². The number of nitrogens with zero attached hydrogens (tertiary/aromatic N) is 1. The Labute approximate surface area is 146 Å². The van der Waals surface area contributed by atoms with E-state index in [-0.39, 0.29) is 17.6 Å². The molecule has 2 amide bonds. The molecule has 0 spiro atoms. The molecule has 1 aliphatic rings. The average Bonchev–Trinajstić information content (AvgIpc) is 2.67. The lowest BCUT2D eigenvalue weighted by atomic mass is 10.1. The van der Waals surface area contributed by atoms with Crippen LogP contribution in [0.4, 0.5) is 4.39 Å². The zero-order valence-corrected chi connectivity index (χ0v) is 14.0. The Kier molecular flexibility index (Phi) is 5.43. The molecule has 0 aromatic heterocycles. The smallest absolute Gasteiger partial charge is 0.253 e. The van der Waals surface area contributed by atoms with Gasteiger partial charge >= 0.3 is 0 Å². The van der Waals surface area contributed by atoms with E-state index in [9.17, 15) is 14.0 Å². The highest BCUT2D eigenvalue weighted by molar-refractivity contribution is 5.95. The number of hydrogen-bond acceptors (Lipinski definition) is 2. The predicted octanol–water partition coefficient (Wildman–Crippen LogP) is 3.38. The second-order valence-electron chi connectivity index (χ2n) is 6.24. The molecule has 130 valence electrons. The maximum atomic E-state index is 12.9. The van der Waals surface area contributed by atoms with E-state index in [4.69, 9.17) is 0 Å². The van der Waals surface area contributed by atoms with Gasteiger partial charge in [0.05, 0.1) is 0 Å². The van der Waals surface area contributed by atoms with Crippen LogP contribution in [0.15, 0.2) is 48.5 Å². The Morgan fingerprint density at radius 1 is 0.880 bits per heavy atom. The summed E-state index contributed by atoms with van der Waals surface area (Å²) >= 11 is 0. The first kappa shape index (κ1) is 17.1. The number of hydrogen-bond donors (Lipinski definition) is 1. The number of piperidine rings is 1. The highest BCUT2D eigenvalue weighted by atomic mass is 19.1. The van der Waals surface area contributed by atoms with Crippen LogP contribution in [0.25, 0.3) is 0 Å². The third-order valence-corrected chi connectivity index (χ3v) is 4.40. The summed E-state index contributed by atoms with van der Waals surface area (Å²) in [7, 11) is 0. The second-order valence-corrected chi connectivity index (χ2v) is 6.24. The Hall–Kier alpha value is -2.69. The van der Waals surface area contributed by atoms with Crippen LogP contribution in [0.2, 0.25) is 0 Å². The minimum Gasteiger partial charge on any atom is -0.348 e. The van der Waals surface area contributed by atoms with Crippen molar-refractivity contribution in [3.8, 4) is 0 Å². The minimum absolute atomic E-state index is 0.0709. The largest absolute Gasteiger partial charge is 0.348 e. The Morgan fingerprint density at radius 2 is 1.48 bits per heavy atom. The number of likely N-dealkylation sites (tertiary alicyclic amines) is 1. The molecule has 4 nitrogen and oxygen atoms in total. The molecule has 0 saturated carbocycles. The van der Waals surface area contributed by atoms with E-state index < -0.39 is 0 Å². The summed E-state index contributed by atoms with van der Waals surface area (Å²) < 4.78 is 12.9. The van der Waals surface area contributed by atoms with Crippen LogP contribution in [0, 0.1) is 5.82 Å². The van der Waals surface area contributed by atoms with Crippen LogP contribution >= 0.6 is 0 Å². The third kappa shape index (κ3) is 4.44. The summed E-state index contributed by atoms with van der Waals surface area (Å²) in [5, 5.41) is 2.79. The van der Waals surface area contributed by atoms with Crippen LogP contribution < -0.4 is 5.32 Å². The van der Waals surface area contributed by atoms with Crippen LogP contribution in [0.5, 0.6) is 0 Å². The fourth-order valence-electron chi connectivity index (χ4n) is 2.93. The van der Waals surface area contributed by atoms with E-state index in [1.807, 2.05) is 17.0 Å². The Bertz CT molecular complexity index is 735. The van der Waals surface area contributed by atoms with Gasteiger partial charge in [0.1, 0.15) is 5.82 Å². The molecule has 3 rings (SSSR count). The van der Waals surface area contributed by atoms with Crippen molar-refractivity contribution < 1.29 is 14.0 Å². The van der Waals surface area contributed by atoms with Crippen molar-refractivity contribution in [3.63, 3.8) is 0 Å². The van der Waals surface area contributed by atoms with Crippen LogP contribution in [-0.2, 0) is 6.54 Å². The van der Waals surface area contributed by atoms with E-state index in [2.05, 4.69) is 5.32 Å². The van der Waals surface area contributed by atoms with Crippen LogP contribution in [0.1, 0.15) is 45.5 Å². The summed E-state index contributed by atoms with van der Waals surface area (Å²) in [6.45, 7) is 2.01. The van der Waals surface area contributed by atoms with Gasteiger partial charge in [-0.1, -0.05) is 12.1 Å². The molecule has 5 heteroatoms. The van der Waals surface area contributed by atoms with Crippen LogP contribution in [-0.4, -0.2) is 29.8 Å². The number of carbonyl (C=O) groups is 2. The zero-order chi connectivity index (χ0) is 17.6. The van der Waals surface area contributed by atoms with E-state index >= 15 is 0 Å². The fraction of sp³-hybridized carbons (Fsp3) is 0.300. The maximum Gasteiger partial charge on any atom is 0.253 e. The number of benzene rings is 2. The van der Waals surface area contributed by atoms with Gasteiger partial charge in [0.15, 0.2) is 0 Å². The SMILES string of the molecule is O=C(NCc1ccc(C(=O)N2CCCCC2)cc1)c1ccc(F)cc1. The van der Waals surface area contributed by atoms with Crippen molar-refractivity contribution >= 4 is 11.8 Å². The molecular weight excluding hydrogens is 319 g/mol. The summed E-state index contributed by atoms with van der Waals surface area (Å²) in [5.74, 6) is -0.555. The van der Waals surface area contributed by atoms with E-state index in [0.717, 1.165) is 31.5 Å². The van der Waals surface area contributed by atoms with Crippen molar-refractivity contribution in [3.05, 3.63) is 71.0 Å². The van der Waals surface area contributed by atoms with Gasteiger partial charge in [0.25, 0.3) is 11.8 Å². The lowest BCUT2D eigenvalue weighted by Crippen LogP contribution is -2.35. The molecule has 0 atom stereocenters. The summed E-state index contributed by atoms with van der Waals surface area (Å²) in [6.07, 6.45) is 3.33. The van der Waals surface area contributed by atoms with Crippen molar-refractivity contribution in [1.82, 2.24) is 10.2 Å². The van der Waals surface area contributed by atoms with Gasteiger partial charge < -0.3 is 10.2 Å². The average molecular weight is 340 g/mol. The molecule has 0 radical (unpaired) electrons. The number of nitrogens with one attached hydrogen (secondary N) is 1. The number of carbonyl (C=O) groups excluding carboxylic acids is 2. The molecule has 0 unspecified atom stereocenters. The Morgan fingerprint density at radius 3 is 2.12 bits per heavy atom. The molecule has 0 aliphatic carbocycles. The van der Waals surface area contributed by atoms with Crippen LogP contribution in [0.3, 0.4) is 0 Å². The van der Waals surface area contributed by atoms with Gasteiger partial charge in [-0.2, -0.15) is 0 Å². The highest BCUT2D eigenvalue weighted by Crippen LogP contribution is 2.14. The molecule has 1 heterocycles. The second kappa shape index (κ2) is 7.92. The molecule has 2 aromatic carbocycles. The summed E-state index contributed by atoms with van der Waals surface area (Å²) in [5.41, 5.74) is 2.00. The van der Waals surface area contributed by atoms with Crippen molar-refractivity contribution in [1.29, 1.82) is 0 Å². The van der Waals surface area contributed by atoms with E-state index in [1.54, 1.807) is 12.1 Å². The molecule has 25 heavy (non-hydrogen) atoms. The molecule has 1 N–H and O–H groups in total. The van der Waals surface area contributed by atoms with Gasteiger partial charge in [-0.25, -0.2) is 4.39 Å². The molecule has 0 bridgehead atoms. The van der Waals surface area contributed by atoms with Crippen molar-refractivity contribution in [2.45, 2.75) is 25.8 Å². The summed E-state index contributed by atoms with van der Waals surface area (Å²) in [4.78, 5) is 26.3. The third-order valence-electron chi connectivity index (χ3n) is 4.40. The quantitative estimate of drug-likeness (QED) is 0.927. The molecular formula is C20H21FN2O2. The highest BCUT2D eigenvalue weighted by Gasteiger charge is 2.17. The maximum absolute atomic E-state index is 12.9. The van der Waals surface area contributed by atoms with Gasteiger partial charge in [-0.05, 0) is 61.2 Å². The first-order chi connectivity index (χ1) is 12.1. The van der Waals surface area contributed by atoms with Gasteiger partial charge in [-0.3, -0.25) is 9.59 Å². The monoisotopic (exact) mass is 340 g/mol. The van der Waals surface area contributed by atoms with E-state index in [1.165, 1.54) is 30.7 Å². The number of halogens is 1. The number of amides is 2. The standard InChI is InChI=1S/C20H21FN2O2/c21-18-10-8-16(9-11-18)19(24)22-14-15-4-6-17(7-5-15)20(25)23-12-2-1-3-13-23/h4-11H,1-3,12-14H2,(H,22,24). The van der Waals surface area contributed by atoms with Gasteiger partial charge in [0.2, 0.25) is 0 Å². The van der Waals surface area contributed by atoms with Gasteiger partial charge in [0, 0.05) is 30.8 Å². The first-order valence-corrected chi connectivity index (χ1v) is 8.55. The first-order valence-electron chi connectivity index (χ1n) is 8.55. The van der Waals surface area contributed by atoms with Crippen molar-refractivity contribution in [2.75, 3.05) is 13.1 Å². The molecule has 1 aliphatic heterocycles. The number of rotatable bonds is 4. The van der Waals surface area contributed by atoms with Crippen molar-refractivity contribution in [2.24, 2.45) is 0 Å². The minimum atomic E-state index is -0.370. The topological polar surface area (TPSA) is 49.4 Å². The lowest BCUT2D eigenvalue weighted by Gasteiger charge is -2.26. The lowest BCUT2D eigenvalue weighted by molar-refractivity contribution is 0.0724. The molecule has 1 saturated heterocycles. The molecule has 1 fully saturated rings. The Balaban J connectivity index is 1.56. The normalized spacial score (nSPS) is 14.2.